The summed E-state index contributed by atoms with van der Waals surface area (Å²) in [6, 6.07) is 0. The Kier molecular flexibility index (Phi) is 8.44. The molecule has 1 saturated heterocycles. The molecule has 0 aromatic heterocycles. The summed E-state index contributed by atoms with van der Waals surface area (Å²) >= 11 is 5.65. The molecule has 0 atom stereocenters. The Labute approximate surface area is 116 Å². The lowest BCUT2D eigenvalue weighted by atomic mass is 9.97. The number of rotatable bonds is 8. The minimum Gasteiger partial charge on any atom is -0.466 e. The average Bonchev–Trinajstić information content (AvgIpc) is 2.39. The van der Waals surface area contributed by atoms with E-state index in [1.807, 2.05) is 6.92 Å². The number of hydrogen-bond acceptors (Lipinski definition) is 3. The molecule has 1 aliphatic heterocycles. The molecule has 0 N–H and O–H groups in total. The van der Waals surface area contributed by atoms with Gasteiger partial charge in [0.05, 0.1) is 12.5 Å². The second-order valence-electron chi connectivity index (χ2n) is 4.97. The van der Waals surface area contributed by atoms with E-state index >= 15 is 0 Å². The molecule has 0 bridgehead atoms. The summed E-state index contributed by atoms with van der Waals surface area (Å²) in [6.45, 7) is 5.61. The van der Waals surface area contributed by atoms with Gasteiger partial charge in [0.2, 0.25) is 0 Å². The van der Waals surface area contributed by atoms with E-state index < -0.39 is 0 Å². The first-order chi connectivity index (χ1) is 8.77. The largest absolute Gasteiger partial charge is 0.466 e. The molecule has 1 fully saturated rings. The third kappa shape index (κ3) is 6.05. The van der Waals surface area contributed by atoms with E-state index in [-0.39, 0.29) is 11.9 Å². The molecular weight excluding hydrogens is 250 g/mol. The van der Waals surface area contributed by atoms with Crippen molar-refractivity contribution in [1.29, 1.82) is 0 Å². The topological polar surface area (TPSA) is 29.5 Å². The van der Waals surface area contributed by atoms with Crippen molar-refractivity contribution in [3.8, 4) is 0 Å². The minimum atomic E-state index is -0.000683. The van der Waals surface area contributed by atoms with E-state index in [9.17, 15) is 4.79 Å². The lowest BCUT2D eigenvalue weighted by molar-refractivity contribution is -0.149. The van der Waals surface area contributed by atoms with Gasteiger partial charge in [-0.2, -0.15) is 0 Å². The number of unbranched alkanes of at least 4 members (excludes halogenated alkanes) is 3. The maximum Gasteiger partial charge on any atom is 0.309 e. The van der Waals surface area contributed by atoms with E-state index in [1.54, 1.807) is 0 Å². The molecule has 0 radical (unpaired) electrons. The molecule has 1 rings (SSSR count). The summed E-state index contributed by atoms with van der Waals surface area (Å²) in [6.07, 6.45) is 6.81. The summed E-state index contributed by atoms with van der Waals surface area (Å²) in [7, 11) is 0. The van der Waals surface area contributed by atoms with E-state index in [0.29, 0.717) is 6.61 Å². The lowest BCUT2D eigenvalue weighted by Crippen LogP contribution is -2.37. The Morgan fingerprint density at radius 3 is 2.50 bits per heavy atom. The Hall–Kier alpha value is -0.280. The quantitative estimate of drug-likeness (QED) is 0.387. The van der Waals surface area contributed by atoms with Gasteiger partial charge in [-0.15, -0.1) is 11.6 Å². The third-order valence-corrected chi connectivity index (χ3v) is 3.83. The van der Waals surface area contributed by atoms with Crippen LogP contribution in [0.3, 0.4) is 0 Å². The van der Waals surface area contributed by atoms with E-state index in [1.165, 1.54) is 19.3 Å². The maximum atomic E-state index is 11.6. The third-order valence-electron chi connectivity index (χ3n) is 3.57. The Morgan fingerprint density at radius 1 is 1.22 bits per heavy atom. The molecule has 0 amide bonds. The smallest absolute Gasteiger partial charge is 0.309 e. The van der Waals surface area contributed by atoms with Crippen molar-refractivity contribution in [2.24, 2.45) is 5.92 Å². The predicted molar refractivity (Wildman–Crippen MR) is 75.0 cm³/mol. The van der Waals surface area contributed by atoms with Gasteiger partial charge in [0, 0.05) is 5.88 Å². The normalized spacial score (nSPS) is 17.9. The van der Waals surface area contributed by atoms with E-state index in [4.69, 9.17) is 16.3 Å². The molecule has 18 heavy (non-hydrogen) atoms. The van der Waals surface area contributed by atoms with Gasteiger partial charge in [0.15, 0.2) is 0 Å². The van der Waals surface area contributed by atoms with Crippen LogP contribution in [-0.2, 0) is 9.53 Å². The first-order valence-corrected chi connectivity index (χ1v) is 7.76. The number of ether oxygens (including phenoxy) is 1. The van der Waals surface area contributed by atoms with Crippen LogP contribution in [0.5, 0.6) is 0 Å². The van der Waals surface area contributed by atoms with Crippen molar-refractivity contribution in [3.05, 3.63) is 0 Å². The summed E-state index contributed by atoms with van der Waals surface area (Å²) in [5.74, 6) is 0.919. The highest BCUT2D eigenvalue weighted by Crippen LogP contribution is 2.19. The summed E-state index contributed by atoms with van der Waals surface area (Å²) in [4.78, 5) is 14.1. The van der Waals surface area contributed by atoms with Crippen LogP contribution in [0.1, 0.15) is 45.4 Å². The van der Waals surface area contributed by atoms with Crippen molar-refractivity contribution in [2.75, 3.05) is 32.1 Å². The van der Waals surface area contributed by atoms with Crippen LogP contribution < -0.4 is 0 Å². The molecule has 1 heterocycles. The SMILES string of the molecule is CCOC(=O)C1CCN(CCCCCCCl)CC1. The molecule has 0 spiro atoms. The van der Waals surface area contributed by atoms with Gasteiger partial charge in [-0.3, -0.25) is 4.79 Å². The van der Waals surface area contributed by atoms with E-state index in [0.717, 1.165) is 44.8 Å². The molecule has 4 heteroatoms. The van der Waals surface area contributed by atoms with Crippen molar-refractivity contribution >= 4 is 17.6 Å². The number of carbonyl (C=O) groups is 1. The van der Waals surface area contributed by atoms with Crippen molar-refractivity contribution in [3.63, 3.8) is 0 Å². The molecule has 1 aliphatic rings. The van der Waals surface area contributed by atoms with Gasteiger partial charge >= 0.3 is 5.97 Å². The first kappa shape index (κ1) is 15.8. The summed E-state index contributed by atoms with van der Waals surface area (Å²) in [5.41, 5.74) is 0. The zero-order valence-corrected chi connectivity index (χ0v) is 12.3. The predicted octanol–water partition coefficient (Wildman–Crippen LogP) is 3.06. The number of hydrogen-bond donors (Lipinski definition) is 0. The highest BCUT2D eigenvalue weighted by Gasteiger charge is 2.25. The van der Waals surface area contributed by atoms with Gasteiger partial charge in [0.1, 0.15) is 0 Å². The van der Waals surface area contributed by atoms with Crippen LogP contribution in [0.25, 0.3) is 0 Å². The summed E-state index contributed by atoms with van der Waals surface area (Å²) < 4.78 is 5.07. The van der Waals surface area contributed by atoms with Crippen molar-refractivity contribution < 1.29 is 9.53 Å². The van der Waals surface area contributed by atoms with Crippen molar-refractivity contribution in [1.82, 2.24) is 4.90 Å². The molecule has 0 aliphatic carbocycles. The van der Waals surface area contributed by atoms with Gasteiger partial charge in [0.25, 0.3) is 0 Å². The van der Waals surface area contributed by atoms with Gasteiger partial charge in [-0.25, -0.2) is 0 Å². The molecule has 0 saturated carbocycles. The van der Waals surface area contributed by atoms with Gasteiger partial charge in [-0.1, -0.05) is 12.8 Å². The number of piperidine rings is 1. The van der Waals surface area contributed by atoms with E-state index in [2.05, 4.69) is 4.90 Å². The minimum absolute atomic E-state index is 0.000683. The number of nitrogens with zero attached hydrogens (tertiary/aromatic N) is 1. The molecule has 0 aromatic rings. The van der Waals surface area contributed by atoms with Crippen LogP contribution in [0, 0.1) is 5.92 Å². The zero-order chi connectivity index (χ0) is 13.2. The van der Waals surface area contributed by atoms with Gasteiger partial charge in [-0.05, 0) is 52.2 Å². The average molecular weight is 276 g/mol. The summed E-state index contributed by atoms with van der Waals surface area (Å²) in [5, 5.41) is 0. The van der Waals surface area contributed by atoms with Crippen LogP contribution in [0.15, 0.2) is 0 Å². The lowest BCUT2D eigenvalue weighted by Gasteiger charge is -2.30. The standard InChI is InChI=1S/C14H26ClNO2/c1-2-18-14(17)13-7-11-16(12-8-13)10-6-4-3-5-9-15/h13H,2-12H2,1H3. The maximum absolute atomic E-state index is 11.6. The van der Waals surface area contributed by atoms with Gasteiger partial charge < -0.3 is 9.64 Å². The fraction of sp³-hybridized carbons (Fsp3) is 0.929. The molecule has 0 unspecified atom stereocenters. The number of halogens is 1. The first-order valence-electron chi connectivity index (χ1n) is 7.23. The molecule has 106 valence electrons. The second kappa shape index (κ2) is 9.62. The highest BCUT2D eigenvalue weighted by atomic mass is 35.5. The number of esters is 1. The monoisotopic (exact) mass is 275 g/mol. The molecular formula is C14H26ClNO2. The molecule has 0 aromatic carbocycles. The zero-order valence-electron chi connectivity index (χ0n) is 11.5. The fourth-order valence-electron chi connectivity index (χ4n) is 2.44. The number of carbonyl (C=O) groups excluding carboxylic acids is 1. The Balaban J connectivity index is 2.06. The van der Waals surface area contributed by atoms with Crippen LogP contribution in [0.2, 0.25) is 0 Å². The van der Waals surface area contributed by atoms with Crippen LogP contribution in [0.4, 0.5) is 0 Å². The second-order valence-corrected chi connectivity index (χ2v) is 5.35. The Morgan fingerprint density at radius 2 is 1.89 bits per heavy atom. The molecule has 3 nitrogen and oxygen atoms in total. The Bertz CT molecular complexity index is 228. The number of likely N-dealkylation sites (tertiary alicyclic amines) is 1. The van der Waals surface area contributed by atoms with Crippen LogP contribution in [-0.4, -0.2) is 43.0 Å². The highest BCUT2D eigenvalue weighted by molar-refractivity contribution is 6.17. The number of alkyl halides is 1. The van der Waals surface area contributed by atoms with Crippen LogP contribution >= 0.6 is 11.6 Å². The fourth-order valence-corrected chi connectivity index (χ4v) is 2.62. The van der Waals surface area contributed by atoms with Crippen molar-refractivity contribution in [2.45, 2.75) is 45.4 Å².